The van der Waals surface area contributed by atoms with Crippen LogP contribution in [0, 0.1) is 6.92 Å². The molecule has 0 spiro atoms. The molecule has 3 aromatic rings. The predicted molar refractivity (Wildman–Crippen MR) is 111 cm³/mol. The first-order chi connectivity index (χ1) is 13.3. The Bertz CT molecular complexity index is 1080. The molecule has 8 heteroatoms. The van der Waals surface area contributed by atoms with Crippen molar-refractivity contribution in [2.24, 2.45) is 0 Å². The fourth-order valence-corrected chi connectivity index (χ4v) is 3.30. The molecular formula is C20H13Cl3N2O3. The second-order valence-electron chi connectivity index (χ2n) is 5.95. The zero-order valence-corrected chi connectivity index (χ0v) is 16.7. The summed E-state index contributed by atoms with van der Waals surface area (Å²) in [6.45, 7) is 1.64. The number of nitrogens with one attached hydrogen (secondary N) is 1. The van der Waals surface area contributed by atoms with Gasteiger partial charge in [0.1, 0.15) is 5.69 Å². The number of carboxylic acid groups (broad SMARTS) is 1. The Morgan fingerprint density at radius 1 is 1.00 bits per heavy atom. The standard InChI is InChI=1S/C20H13Cl3N2O3/c1-10-7-12(20(27)28)9-15(23)17(10)25-19(26)18-14(22)5-6-16(24-18)11-3-2-4-13(21)8-11/h2-9H,1H3,(H,25,26)(H,27,28). The minimum Gasteiger partial charge on any atom is -0.478 e. The van der Waals surface area contributed by atoms with Crippen LogP contribution >= 0.6 is 34.8 Å². The van der Waals surface area contributed by atoms with E-state index in [1.54, 1.807) is 37.3 Å². The molecule has 1 heterocycles. The van der Waals surface area contributed by atoms with Crippen molar-refractivity contribution < 1.29 is 14.7 Å². The normalized spacial score (nSPS) is 10.6. The maximum Gasteiger partial charge on any atom is 0.335 e. The monoisotopic (exact) mass is 434 g/mol. The van der Waals surface area contributed by atoms with Crippen LogP contribution in [0.4, 0.5) is 5.69 Å². The lowest BCUT2D eigenvalue weighted by molar-refractivity contribution is 0.0696. The molecule has 0 radical (unpaired) electrons. The van der Waals surface area contributed by atoms with E-state index in [-0.39, 0.29) is 21.3 Å². The molecule has 0 fully saturated rings. The Morgan fingerprint density at radius 2 is 1.75 bits per heavy atom. The SMILES string of the molecule is Cc1cc(C(=O)O)cc(Cl)c1NC(=O)c1nc(-c2cccc(Cl)c2)ccc1Cl. The molecule has 2 N–H and O–H groups in total. The average molecular weight is 436 g/mol. The average Bonchev–Trinajstić information content (AvgIpc) is 2.64. The Balaban J connectivity index is 1.95. The largest absolute Gasteiger partial charge is 0.478 e. The number of hydrogen-bond acceptors (Lipinski definition) is 3. The number of nitrogens with zero attached hydrogens (tertiary/aromatic N) is 1. The van der Waals surface area contributed by atoms with E-state index in [1.165, 1.54) is 12.1 Å². The number of halogens is 3. The number of aromatic carboxylic acids is 1. The third kappa shape index (κ3) is 4.28. The molecule has 3 rings (SSSR count). The van der Waals surface area contributed by atoms with Crippen LogP contribution in [-0.2, 0) is 0 Å². The van der Waals surface area contributed by atoms with E-state index in [0.717, 1.165) is 5.56 Å². The fraction of sp³-hybridized carbons (Fsp3) is 0.0500. The summed E-state index contributed by atoms with van der Waals surface area (Å²) in [6, 6.07) is 13.0. The highest BCUT2D eigenvalue weighted by Gasteiger charge is 2.18. The number of carboxylic acids is 1. The van der Waals surface area contributed by atoms with E-state index in [2.05, 4.69) is 10.3 Å². The summed E-state index contributed by atoms with van der Waals surface area (Å²) in [6.07, 6.45) is 0. The van der Waals surface area contributed by atoms with Gasteiger partial charge in [-0.2, -0.15) is 0 Å². The van der Waals surface area contributed by atoms with Gasteiger partial charge in [0.05, 0.1) is 27.0 Å². The molecule has 1 amide bonds. The van der Waals surface area contributed by atoms with Crippen molar-refractivity contribution in [3.63, 3.8) is 0 Å². The molecule has 0 aliphatic carbocycles. The van der Waals surface area contributed by atoms with E-state index >= 15 is 0 Å². The van der Waals surface area contributed by atoms with E-state index in [0.29, 0.717) is 22.0 Å². The number of amides is 1. The lowest BCUT2D eigenvalue weighted by Crippen LogP contribution is -2.16. The number of aryl methyl sites for hydroxylation is 1. The summed E-state index contributed by atoms with van der Waals surface area (Å²) in [5.41, 5.74) is 2.10. The predicted octanol–water partition coefficient (Wildman–Crippen LogP) is 5.97. The van der Waals surface area contributed by atoms with Crippen molar-refractivity contribution in [2.75, 3.05) is 5.32 Å². The fourth-order valence-electron chi connectivity index (χ4n) is 2.61. The first kappa shape index (κ1) is 20.1. The van der Waals surface area contributed by atoms with Gasteiger partial charge >= 0.3 is 5.97 Å². The van der Waals surface area contributed by atoms with Gasteiger partial charge in [-0.15, -0.1) is 0 Å². The highest BCUT2D eigenvalue weighted by molar-refractivity contribution is 6.36. The third-order valence-electron chi connectivity index (χ3n) is 3.95. The van der Waals surface area contributed by atoms with Crippen LogP contribution in [0.5, 0.6) is 0 Å². The Kier molecular flexibility index (Phi) is 5.89. The zero-order valence-electron chi connectivity index (χ0n) is 14.5. The molecule has 0 bridgehead atoms. The van der Waals surface area contributed by atoms with Gasteiger partial charge < -0.3 is 10.4 Å². The van der Waals surface area contributed by atoms with Crippen LogP contribution in [0.3, 0.4) is 0 Å². The zero-order chi connectivity index (χ0) is 20.4. The summed E-state index contributed by atoms with van der Waals surface area (Å²) >= 11 is 18.3. The number of pyridine rings is 1. The smallest absolute Gasteiger partial charge is 0.335 e. The second-order valence-corrected chi connectivity index (χ2v) is 7.20. The van der Waals surface area contributed by atoms with Gasteiger partial charge in [-0.3, -0.25) is 4.79 Å². The van der Waals surface area contributed by atoms with Gasteiger partial charge in [0.2, 0.25) is 0 Å². The molecule has 0 atom stereocenters. The van der Waals surface area contributed by atoms with Gasteiger partial charge in [0.15, 0.2) is 0 Å². The molecule has 0 aliphatic heterocycles. The van der Waals surface area contributed by atoms with Crippen LogP contribution in [0.15, 0.2) is 48.5 Å². The van der Waals surface area contributed by atoms with Crippen molar-refractivity contribution in [3.05, 3.63) is 80.4 Å². The lowest BCUT2D eigenvalue weighted by Gasteiger charge is -2.12. The molecule has 28 heavy (non-hydrogen) atoms. The first-order valence-corrected chi connectivity index (χ1v) is 9.17. The quantitative estimate of drug-likeness (QED) is 0.529. The third-order valence-corrected chi connectivity index (χ3v) is 4.79. The number of hydrogen-bond donors (Lipinski definition) is 2. The first-order valence-electron chi connectivity index (χ1n) is 8.03. The molecule has 0 aliphatic rings. The molecule has 2 aromatic carbocycles. The number of carbonyl (C=O) groups excluding carboxylic acids is 1. The number of aromatic nitrogens is 1. The van der Waals surface area contributed by atoms with E-state index in [9.17, 15) is 9.59 Å². The lowest BCUT2D eigenvalue weighted by atomic mass is 10.1. The molecule has 0 saturated heterocycles. The van der Waals surface area contributed by atoms with E-state index in [1.807, 2.05) is 6.07 Å². The van der Waals surface area contributed by atoms with Crippen molar-refractivity contribution in [2.45, 2.75) is 6.92 Å². The van der Waals surface area contributed by atoms with Gasteiger partial charge in [-0.25, -0.2) is 9.78 Å². The van der Waals surface area contributed by atoms with Gasteiger partial charge in [0.25, 0.3) is 5.91 Å². The highest BCUT2D eigenvalue weighted by Crippen LogP contribution is 2.29. The van der Waals surface area contributed by atoms with Gasteiger partial charge in [-0.05, 0) is 48.9 Å². The molecule has 142 valence electrons. The number of carbonyl (C=O) groups is 2. The van der Waals surface area contributed by atoms with Crippen LogP contribution in [-0.4, -0.2) is 22.0 Å². The Hall–Kier alpha value is -2.60. The summed E-state index contributed by atoms with van der Waals surface area (Å²) in [5.74, 6) is -1.68. The summed E-state index contributed by atoms with van der Waals surface area (Å²) < 4.78 is 0. The van der Waals surface area contributed by atoms with Gasteiger partial charge in [0, 0.05) is 10.6 Å². The molecule has 1 aromatic heterocycles. The maximum atomic E-state index is 12.7. The van der Waals surface area contributed by atoms with Gasteiger partial charge in [-0.1, -0.05) is 46.9 Å². The number of anilines is 1. The Morgan fingerprint density at radius 3 is 2.39 bits per heavy atom. The number of benzene rings is 2. The van der Waals surface area contributed by atoms with Crippen molar-refractivity contribution in [1.82, 2.24) is 4.98 Å². The minimum absolute atomic E-state index is 0.0110. The van der Waals surface area contributed by atoms with Crippen LogP contribution in [0.1, 0.15) is 26.4 Å². The molecule has 5 nitrogen and oxygen atoms in total. The Labute approximate surface area is 175 Å². The van der Waals surface area contributed by atoms with Crippen LogP contribution in [0.2, 0.25) is 15.1 Å². The van der Waals surface area contributed by atoms with Crippen LogP contribution in [0.25, 0.3) is 11.3 Å². The topological polar surface area (TPSA) is 79.3 Å². The van der Waals surface area contributed by atoms with E-state index in [4.69, 9.17) is 39.9 Å². The maximum absolute atomic E-state index is 12.7. The summed E-state index contributed by atoms with van der Waals surface area (Å²) in [4.78, 5) is 28.2. The number of rotatable bonds is 4. The highest BCUT2D eigenvalue weighted by atomic mass is 35.5. The van der Waals surface area contributed by atoms with E-state index < -0.39 is 11.9 Å². The second kappa shape index (κ2) is 8.19. The molecule has 0 saturated carbocycles. The van der Waals surface area contributed by atoms with Crippen molar-refractivity contribution in [3.8, 4) is 11.3 Å². The molecule has 0 unspecified atom stereocenters. The minimum atomic E-state index is -1.11. The summed E-state index contributed by atoms with van der Waals surface area (Å²) in [7, 11) is 0. The molecular weight excluding hydrogens is 423 g/mol. The van der Waals surface area contributed by atoms with Crippen LogP contribution < -0.4 is 5.32 Å². The van der Waals surface area contributed by atoms with Crippen molar-refractivity contribution >= 4 is 52.4 Å². The summed E-state index contributed by atoms with van der Waals surface area (Å²) in [5, 5.41) is 12.6. The van der Waals surface area contributed by atoms with Crippen molar-refractivity contribution in [1.29, 1.82) is 0 Å².